The normalized spacial score (nSPS) is 27.0. The van der Waals surface area contributed by atoms with Crippen LogP contribution in [0.2, 0.25) is 0 Å². The molecule has 3 aliphatic carbocycles. The average Bonchev–Trinajstić information content (AvgIpc) is 2.76. The summed E-state index contributed by atoms with van der Waals surface area (Å²) in [7, 11) is 0. The Morgan fingerprint density at radius 1 is 0.786 bits per heavy atom. The van der Waals surface area contributed by atoms with Crippen LogP contribution >= 0.6 is 0 Å². The Hall–Kier alpha value is -2.31. The molecule has 0 aromatic heterocycles. The van der Waals surface area contributed by atoms with Crippen molar-refractivity contribution in [2.45, 2.75) is 89.4 Å². The summed E-state index contributed by atoms with van der Waals surface area (Å²) in [5.41, 5.74) is 1.42. The third-order valence-corrected chi connectivity index (χ3v) is 7.43. The molecule has 0 heterocycles. The number of hydrogen-bond donors (Lipinski definition) is 0. The van der Waals surface area contributed by atoms with E-state index in [9.17, 15) is 4.79 Å². The van der Waals surface area contributed by atoms with Crippen LogP contribution in [-0.4, -0.2) is 5.97 Å². The Kier molecular flexibility index (Phi) is 7.12. The van der Waals surface area contributed by atoms with Crippen molar-refractivity contribution in [1.29, 1.82) is 0 Å². The minimum atomic E-state index is -0.00385. The van der Waals surface area contributed by atoms with Gasteiger partial charge in [-0.05, 0) is 74.0 Å². The third-order valence-electron chi connectivity index (χ3n) is 7.43. The smallest absolute Gasteiger partial charge is 0.314 e. The van der Waals surface area contributed by atoms with Crippen molar-refractivity contribution in [3.05, 3.63) is 36.2 Å². The second-order valence-electron chi connectivity index (χ2n) is 9.14. The number of carbonyl (C=O) groups excluding carboxylic acids is 1. The summed E-state index contributed by atoms with van der Waals surface area (Å²) in [5.74, 6) is 3.28. The molecule has 28 heavy (non-hydrogen) atoms. The van der Waals surface area contributed by atoms with Crippen LogP contribution in [-0.2, 0) is 4.79 Å². The molecule has 1 aromatic rings. The van der Waals surface area contributed by atoms with Gasteiger partial charge in [-0.15, -0.1) is 0 Å². The second-order valence-corrected chi connectivity index (χ2v) is 9.14. The van der Waals surface area contributed by atoms with Gasteiger partial charge in [-0.2, -0.15) is 12.8 Å². The first kappa shape index (κ1) is 20.4. The molecule has 150 valence electrons. The fraction of sp³-hybridized carbons (Fsp3) is 0.680. The summed E-state index contributed by atoms with van der Waals surface area (Å²) in [6, 6.07) is 8.36. The largest absolute Gasteiger partial charge is 0.426 e. The van der Waals surface area contributed by atoms with Gasteiger partial charge in [0.1, 0.15) is 5.75 Å². The predicted molar refractivity (Wildman–Crippen MR) is 110 cm³/mol. The number of esters is 1. The van der Waals surface area contributed by atoms with Crippen molar-refractivity contribution < 1.29 is 9.53 Å². The molecule has 0 N–H and O–H groups in total. The van der Waals surface area contributed by atoms with E-state index in [1.165, 1.54) is 76.2 Å². The molecule has 0 bridgehead atoms. The van der Waals surface area contributed by atoms with Crippen LogP contribution in [0.3, 0.4) is 0 Å². The molecule has 3 saturated carbocycles. The van der Waals surface area contributed by atoms with Gasteiger partial charge in [-0.25, -0.2) is 0 Å². The van der Waals surface area contributed by atoms with E-state index in [-0.39, 0.29) is 11.9 Å². The summed E-state index contributed by atoms with van der Waals surface area (Å²) in [4.78, 5) is 12.6. The molecule has 0 saturated heterocycles. The molecule has 1 aromatic carbocycles. The van der Waals surface area contributed by atoms with Gasteiger partial charge in [0, 0.05) is 0 Å². The van der Waals surface area contributed by atoms with Crippen LogP contribution in [0.25, 0.3) is 0 Å². The van der Waals surface area contributed by atoms with Gasteiger partial charge in [0.2, 0.25) is 0 Å². The second kappa shape index (κ2) is 9.75. The molecule has 0 spiro atoms. The first-order valence-corrected chi connectivity index (χ1v) is 11.4. The zero-order chi connectivity index (χ0) is 18.5. The van der Waals surface area contributed by atoms with Crippen molar-refractivity contribution >= 4 is 5.97 Å². The van der Waals surface area contributed by atoms with Crippen LogP contribution < -0.4 is 4.74 Å². The third kappa shape index (κ3) is 4.94. The molecule has 0 unspecified atom stereocenters. The molecular formula is C25H35O2Rf-. The fourth-order valence-corrected chi connectivity index (χ4v) is 5.69. The van der Waals surface area contributed by atoms with Crippen LogP contribution in [0.15, 0.2) is 24.3 Å². The number of hydrogen-bond acceptors (Lipinski definition) is 2. The average molecular weight is 635 g/mol. The Morgan fingerprint density at radius 3 is 2.04 bits per heavy atom. The standard InChI is InChI=1S/C25H35O2.Rf/c26-25(23-13-11-21(12-14-23)19-7-3-1-4-8-19)27-24-17-15-22(16-18-24)20-9-5-2-6-10-20;/h1,15-21,23H,2-14H2;/q-1;. The van der Waals surface area contributed by atoms with Crippen LogP contribution in [0.5, 0.6) is 5.75 Å². The van der Waals surface area contributed by atoms with Crippen molar-refractivity contribution in [1.82, 2.24) is 0 Å². The van der Waals surface area contributed by atoms with E-state index in [4.69, 9.17) is 4.74 Å². The quantitative estimate of drug-likeness (QED) is 0.206. The molecule has 0 amide bonds. The van der Waals surface area contributed by atoms with E-state index >= 15 is 0 Å². The SMILES string of the molecule is O=C(Oc1ccc(C2CCCCC2)cc1)C1CCC(C2CC[CH-]CC2)CC1.[Rf]. The van der Waals surface area contributed by atoms with Crippen molar-refractivity contribution in [3.63, 3.8) is 0 Å². The molecule has 0 aliphatic heterocycles. The van der Waals surface area contributed by atoms with E-state index < -0.39 is 0 Å². The minimum Gasteiger partial charge on any atom is -0.426 e. The Morgan fingerprint density at radius 2 is 1.39 bits per heavy atom. The Bertz CT molecular complexity index is 591. The number of rotatable bonds is 4. The summed E-state index contributed by atoms with van der Waals surface area (Å²) >= 11 is 0. The minimum absolute atomic E-state index is 0. The first-order chi connectivity index (χ1) is 13.3. The van der Waals surface area contributed by atoms with Gasteiger partial charge in [-0.3, -0.25) is 4.79 Å². The maximum Gasteiger partial charge on any atom is 0.314 e. The maximum absolute atomic E-state index is 12.6. The number of ether oxygens (including phenoxy) is 1. The predicted octanol–water partition coefficient (Wildman–Crippen LogP) is 6.84. The summed E-state index contributed by atoms with van der Waals surface area (Å²) in [6.07, 6.45) is 18.9. The van der Waals surface area contributed by atoms with Gasteiger partial charge in [0.25, 0.3) is 0 Å². The van der Waals surface area contributed by atoms with Crippen LogP contribution in [0.4, 0.5) is 0 Å². The van der Waals surface area contributed by atoms with E-state index in [0.717, 1.165) is 30.4 Å². The molecule has 2 nitrogen and oxygen atoms in total. The molecule has 3 fully saturated rings. The molecule has 3 heteroatoms. The molecule has 4 rings (SSSR count). The summed E-state index contributed by atoms with van der Waals surface area (Å²) in [5, 5.41) is 0. The van der Waals surface area contributed by atoms with Gasteiger partial charge in [0.05, 0.1) is 5.92 Å². The monoisotopic (exact) mass is 634 g/mol. The van der Waals surface area contributed by atoms with Crippen molar-refractivity contribution in [3.8, 4) is 5.75 Å². The number of benzene rings is 1. The van der Waals surface area contributed by atoms with E-state index in [2.05, 4.69) is 18.6 Å². The molecule has 3 aliphatic rings. The van der Waals surface area contributed by atoms with E-state index in [0.29, 0.717) is 5.92 Å². The van der Waals surface area contributed by atoms with Crippen LogP contribution in [0.1, 0.15) is 95.0 Å². The Labute approximate surface area is 165 Å². The molecule has 0 radical (unpaired) electrons. The van der Waals surface area contributed by atoms with Gasteiger partial charge in [-0.1, -0.05) is 44.2 Å². The van der Waals surface area contributed by atoms with E-state index in [1.54, 1.807) is 0 Å². The van der Waals surface area contributed by atoms with Gasteiger partial charge >= 0.3 is 5.97 Å². The molecule has 0 atom stereocenters. The Balaban J connectivity index is 0.00000225. The van der Waals surface area contributed by atoms with E-state index in [1.807, 2.05) is 12.1 Å². The van der Waals surface area contributed by atoms with Crippen LogP contribution in [0, 0.1) is 24.2 Å². The molecular weight excluding hydrogens is 599 g/mol. The number of carbonyl (C=O) groups is 1. The van der Waals surface area contributed by atoms with Gasteiger partial charge in [0.15, 0.2) is 0 Å². The fourth-order valence-electron chi connectivity index (χ4n) is 5.69. The summed E-state index contributed by atoms with van der Waals surface area (Å²) < 4.78 is 5.73. The zero-order valence-electron chi connectivity index (χ0n) is 17.4. The van der Waals surface area contributed by atoms with Crippen molar-refractivity contribution in [2.24, 2.45) is 17.8 Å². The zero-order valence-corrected chi connectivity index (χ0v) is 23.8. The van der Waals surface area contributed by atoms with Crippen molar-refractivity contribution in [2.75, 3.05) is 0 Å². The summed E-state index contributed by atoms with van der Waals surface area (Å²) in [6.45, 7) is 0. The first-order valence-electron chi connectivity index (χ1n) is 11.4. The topological polar surface area (TPSA) is 26.3 Å². The maximum atomic E-state index is 12.6. The van der Waals surface area contributed by atoms with Gasteiger partial charge < -0.3 is 11.2 Å².